The van der Waals surface area contributed by atoms with Gasteiger partial charge in [-0.2, -0.15) is 5.10 Å². The molecular formula is C20H20ClFN4OS. The second kappa shape index (κ2) is 8.03. The molecule has 8 heteroatoms. The van der Waals surface area contributed by atoms with E-state index in [0.29, 0.717) is 16.4 Å². The SMILES string of the molecule is Cn1ncc(Cl)c1-c1ccc(C(=O)N[C@@H]2CNCC[C@H]2c2cccc(F)c2)s1. The van der Waals surface area contributed by atoms with Crippen LogP contribution in [0.3, 0.4) is 0 Å². The highest BCUT2D eigenvalue weighted by atomic mass is 35.5. The monoisotopic (exact) mass is 418 g/mol. The maximum atomic E-state index is 13.7. The zero-order valence-corrected chi connectivity index (χ0v) is 16.9. The number of rotatable bonds is 4. The summed E-state index contributed by atoms with van der Waals surface area (Å²) in [6.07, 6.45) is 2.43. The van der Waals surface area contributed by atoms with Crippen molar-refractivity contribution in [2.75, 3.05) is 13.1 Å². The van der Waals surface area contributed by atoms with Crippen molar-refractivity contribution in [3.8, 4) is 10.6 Å². The van der Waals surface area contributed by atoms with Crippen LogP contribution in [-0.4, -0.2) is 34.8 Å². The molecule has 146 valence electrons. The summed E-state index contributed by atoms with van der Waals surface area (Å²) in [5.74, 6) is -0.312. The second-order valence-electron chi connectivity index (χ2n) is 6.86. The Bertz CT molecular complexity index is 982. The van der Waals surface area contributed by atoms with Crippen LogP contribution in [0.15, 0.2) is 42.6 Å². The summed E-state index contributed by atoms with van der Waals surface area (Å²) in [6, 6.07) is 10.2. The van der Waals surface area contributed by atoms with Gasteiger partial charge >= 0.3 is 0 Å². The minimum absolute atomic E-state index is 0.0758. The molecule has 0 aliphatic carbocycles. The van der Waals surface area contributed by atoms with Crippen LogP contribution in [0.5, 0.6) is 0 Å². The fraction of sp³-hybridized carbons (Fsp3) is 0.300. The van der Waals surface area contributed by atoms with Gasteiger partial charge in [-0.3, -0.25) is 9.48 Å². The first-order valence-electron chi connectivity index (χ1n) is 9.07. The van der Waals surface area contributed by atoms with Crippen LogP contribution < -0.4 is 10.6 Å². The molecule has 0 radical (unpaired) electrons. The van der Waals surface area contributed by atoms with Gasteiger partial charge in [-0.25, -0.2) is 4.39 Å². The molecule has 3 heterocycles. The fourth-order valence-electron chi connectivity index (χ4n) is 3.66. The van der Waals surface area contributed by atoms with Crippen LogP contribution >= 0.6 is 22.9 Å². The third kappa shape index (κ3) is 3.83. The summed E-state index contributed by atoms with van der Waals surface area (Å²) in [4.78, 5) is 14.3. The minimum Gasteiger partial charge on any atom is -0.347 e. The number of amides is 1. The Morgan fingerprint density at radius 2 is 2.25 bits per heavy atom. The van der Waals surface area contributed by atoms with Gasteiger partial charge in [0.2, 0.25) is 0 Å². The number of halogens is 2. The van der Waals surface area contributed by atoms with Gasteiger partial charge < -0.3 is 10.6 Å². The molecule has 3 aromatic rings. The minimum atomic E-state index is -0.253. The lowest BCUT2D eigenvalue weighted by atomic mass is 9.86. The quantitative estimate of drug-likeness (QED) is 0.677. The summed E-state index contributed by atoms with van der Waals surface area (Å²) in [6.45, 7) is 1.49. The van der Waals surface area contributed by atoms with Crippen LogP contribution in [0.25, 0.3) is 10.6 Å². The zero-order valence-electron chi connectivity index (χ0n) is 15.3. The Kier molecular flexibility index (Phi) is 5.48. The van der Waals surface area contributed by atoms with Gasteiger partial charge in [0, 0.05) is 25.6 Å². The molecule has 0 saturated carbocycles. The van der Waals surface area contributed by atoms with Crippen LogP contribution in [0, 0.1) is 5.82 Å². The number of nitrogens with zero attached hydrogens (tertiary/aromatic N) is 2. The summed E-state index contributed by atoms with van der Waals surface area (Å²) in [5.41, 5.74) is 1.71. The Hall–Kier alpha value is -2.22. The molecule has 2 aromatic heterocycles. The smallest absolute Gasteiger partial charge is 0.261 e. The molecule has 1 aliphatic heterocycles. The summed E-state index contributed by atoms with van der Waals surface area (Å²) < 4.78 is 15.4. The number of nitrogens with one attached hydrogen (secondary N) is 2. The van der Waals surface area contributed by atoms with Crippen molar-refractivity contribution < 1.29 is 9.18 Å². The molecule has 1 fully saturated rings. The zero-order chi connectivity index (χ0) is 19.7. The Morgan fingerprint density at radius 3 is 3.00 bits per heavy atom. The number of aromatic nitrogens is 2. The molecule has 5 nitrogen and oxygen atoms in total. The van der Waals surface area contributed by atoms with Gasteiger partial charge in [0.05, 0.1) is 26.7 Å². The van der Waals surface area contributed by atoms with Crippen LogP contribution in [0.4, 0.5) is 4.39 Å². The van der Waals surface area contributed by atoms with Crippen LogP contribution in [0.1, 0.15) is 27.6 Å². The molecule has 1 amide bonds. The predicted octanol–water partition coefficient (Wildman–Crippen LogP) is 3.82. The summed E-state index contributed by atoms with van der Waals surface area (Å²) in [5, 5.41) is 11.1. The van der Waals surface area contributed by atoms with E-state index in [1.54, 1.807) is 29.1 Å². The molecule has 0 bridgehead atoms. The third-order valence-electron chi connectivity index (χ3n) is 5.03. The standard InChI is InChI=1S/C20H20ClFN4OS/c1-26-19(15(21)10-24-26)17-5-6-18(28-17)20(27)25-16-11-23-8-7-14(16)12-3-2-4-13(22)9-12/h2-6,9-10,14,16,23H,7-8,11H2,1H3,(H,25,27)/t14-,16+/m0/s1. The molecule has 0 unspecified atom stereocenters. The van der Waals surface area contributed by atoms with E-state index in [4.69, 9.17) is 11.6 Å². The van der Waals surface area contributed by atoms with Gasteiger partial charge in [-0.05, 0) is 42.8 Å². The van der Waals surface area contributed by atoms with Crippen molar-refractivity contribution in [1.29, 1.82) is 0 Å². The predicted molar refractivity (Wildman–Crippen MR) is 109 cm³/mol. The number of hydrogen-bond donors (Lipinski definition) is 2. The molecule has 0 spiro atoms. The Labute approximate surface area is 171 Å². The fourth-order valence-corrected chi connectivity index (χ4v) is 4.98. The van der Waals surface area contributed by atoms with Crippen molar-refractivity contribution in [3.63, 3.8) is 0 Å². The van der Waals surface area contributed by atoms with Crippen LogP contribution in [0.2, 0.25) is 5.02 Å². The first-order chi connectivity index (χ1) is 13.5. The van der Waals surface area contributed by atoms with E-state index in [-0.39, 0.29) is 23.7 Å². The highest BCUT2D eigenvalue weighted by Crippen LogP contribution is 2.33. The van der Waals surface area contributed by atoms with E-state index in [0.717, 1.165) is 29.1 Å². The van der Waals surface area contributed by atoms with E-state index in [2.05, 4.69) is 15.7 Å². The Morgan fingerprint density at radius 1 is 1.39 bits per heavy atom. The highest BCUT2D eigenvalue weighted by Gasteiger charge is 2.28. The lowest BCUT2D eigenvalue weighted by Gasteiger charge is -2.33. The van der Waals surface area contributed by atoms with Crippen molar-refractivity contribution in [3.05, 3.63) is 63.9 Å². The number of hydrogen-bond acceptors (Lipinski definition) is 4. The number of carbonyl (C=O) groups is 1. The van der Waals surface area contributed by atoms with Gasteiger partial charge in [-0.15, -0.1) is 11.3 Å². The van der Waals surface area contributed by atoms with E-state index >= 15 is 0 Å². The molecule has 1 saturated heterocycles. The van der Waals surface area contributed by atoms with Gasteiger partial charge in [0.1, 0.15) is 5.82 Å². The average Bonchev–Trinajstić information content (AvgIpc) is 3.28. The average molecular weight is 419 g/mol. The lowest BCUT2D eigenvalue weighted by Crippen LogP contribution is -2.49. The van der Waals surface area contributed by atoms with Crippen molar-refractivity contribution in [1.82, 2.24) is 20.4 Å². The van der Waals surface area contributed by atoms with E-state index < -0.39 is 0 Å². The number of carbonyl (C=O) groups excluding carboxylic acids is 1. The molecule has 28 heavy (non-hydrogen) atoms. The number of piperidine rings is 1. The molecule has 2 N–H and O–H groups in total. The molecule has 1 aliphatic rings. The highest BCUT2D eigenvalue weighted by molar-refractivity contribution is 7.17. The van der Waals surface area contributed by atoms with E-state index in [1.165, 1.54) is 17.4 Å². The van der Waals surface area contributed by atoms with Gasteiger partial charge in [0.15, 0.2) is 0 Å². The van der Waals surface area contributed by atoms with Crippen molar-refractivity contribution >= 4 is 28.8 Å². The molecule has 2 atom stereocenters. The third-order valence-corrected chi connectivity index (χ3v) is 6.40. The summed E-state index contributed by atoms with van der Waals surface area (Å²) >= 11 is 7.59. The maximum absolute atomic E-state index is 13.7. The lowest BCUT2D eigenvalue weighted by molar-refractivity contribution is 0.0928. The van der Waals surface area contributed by atoms with E-state index in [1.807, 2.05) is 19.2 Å². The maximum Gasteiger partial charge on any atom is 0.261 e. The van der Waals surface area contributed by atoms with Gasteiger partial charge in [0.25, 0.3) is 5.91 Å². The first-order valence-corrected chi connectivity index (χ1v) is 10.3. The first kappa shape index (κ1) is 19.1. The van der Waals surface area contributed by atoms with Crippen LogP contribution in [-0.2, 0) is 7.05 Å². The molecular weight excluding hydrogens is 399 g/mol. The normalized spacial score (nSPS) is 19.5. The number of aryl methyl sites for hydroxylation is 1. The number of thiophene rings is 1. The molecule has 4 rings (SSSR count). The Balaban J connectivity index is 1.52. The number of benzene rings is 1. The largest absolute Gasteiger partial charge is 0.347 e. The van der Waals surface area contributed by atoms with E-state index in [9.17, 15) is 9.18 Å². The topological polar surface area (TPSA) is 59.0 Å². The second-order valence-corrected chi connectivity index (χ2v) is 8.35. The van der Waals surface area contributed by atoms with Crippen molar-refractivity contribution in [2.45, 2.75) is 18.4 Å². The van der Waals surface area contributed by atoms with Gasteiger partial charge in [-0.1, -0.05) is 23.7 Å². The van der Waals surface area contributed by atoms with Crippen molar-refractivity contribution in [2.24, 2.45) is 7.05 Å². The molecule has 1 aromatic carbocycles. The summed E-state index contributed by atoms with van der Waals surface area (Å²) in [7, 11) is 1.82.